The smallest absolute Gasteiger partial charge is 0.135 e. The van der Waals surface area contributed by atoms with Crippen molar-refractivity contribution in [1.82, 2.24) is 0 Å². The van der Waals surface area contributed by atoms with Crippen LogP contribution >= 0.6 is 11.3 Å². The molecule has 68 heavy (non-hydrogen) atoms. The molecular formula is C64H54N2OS. The van der Waals surface area contributed by atoms with Crippen LogP contribution in [0.15, 0.2) is 261 Å². The average molecular weight is 899 g/mol. The van der Waals surface area contributed by atoms with Crippen LogP contribution in [-0.2, 0) is 0 Å². The molecule has 0 saturated heterocycles. The first kappa shape index (κ1) is 45.0. The lowest BCUT2D eigenvalue weighted by Gasteiger charge is -2.26. The third-order valence-corrected chi connectivity index (χ3v) is 13.4. The molecule has 0 aliphatic heterocycles. The summed E-state index contributed by atoms with van der Waals surface area (Å²) < 4.78 is 6.39. The maximum absolute atomic E-state index is 6.39. The van der Waals surface area contributed by atoms with Crippen LogP contribution in [0, 0.1) is 5.92 Å². The van der Waals surface area contributed by atoms with Crippen molar-refractivity contribution in [3.63, 3.8) is 0 Å². The van der Waals surface area contributed by atoms with Crippen LogP contribution in [0.25, 0.3) is 55.8 Å². The fourth-order valence-electron chi connectivity index (χ4n) is 8.70. The number of rotatable bonds is 16. The molecule has 1 aliphatic rings. The third-order valence-electron chi connectivity index (χ3n) is 12.3. The molecular weight excluding hydrogens is 845 g/mol. The Labute approximate surface area is 405 Å². The molecule has 332 valence electrons. The molecule has 0 amide bonds. The number of nitrogens with zero attached hydrogens (tertiary/aromatic N) is 2. The quantitative estimate of drug-likeness (QED) is 0.0901. The number of allylic oxidation sites excluding steroid dienone is 11. The Morgan fingerprint density at radius 1 is 0.662 bits per heavy atom. The first-order chi connectivity index (χ1) is 33.5. The Morgan fingerprint density at radius 2 is 1.31 bits per heavy atom. The van der Waals surface area contributed by atoms with Gasteiger partial charge in [-0.1, -0.05) is 159 Å². The molecule has 6 aromatic carbocycles. The molecule has 1 aliphatic carbocycles. The predicted octanol–water partition coefficient (Wildman–Crippen LogP) is 16.8. The summed E-state index contributed by atoms with van der Waals surface area (Å²) in [6.07, 6.45) is 27.2. The van der Waals surface area contributed by atoms with Crippen molar-refractivity contribution in [3.8, 4) is 21.6 Å². The van der Waals surface area contributed by atoms with Crippen LogP contribution in [0.4, 0.5) is 22.7 Å². The second-order valence-corrected chi connectivity index (χ2v) is 17.6. The second kappa shape index (κ2) is 21.4. The number of furan rings is 1. The van der Waals surface area contributed by atoms with E-state index in [0.29, 0.717) is 5.92 Å². The molecule has 1 atom stereocenters. The highest BCUT2D eigenvalue weighted by Crippen LogP contribution is 2.36. The molecule has 4 heteroatoms. The van der Waals surface area contributed by atoms with Crippen LogP contribution in [0.5, 0.6) is 0 Å². The summed E-state index contributed by atoms with van der Waals surface area (Å²) in [5, 5.41) is 2.28. The van der Waals surface area contributed by atoms with Crippen molar-refractivity contribution in [3.05, 3.63) is 277 Å². The normalized spacial score (nSPS) is 14.6. The third kappa shape index (κ3) is 10.1. The van der Waals surface area contributed by atoms with Crippen LogP contribution in [-0.4, -0.2) is 0 Å². The van der Waals surface area contributed by atoms with Gasteiger partial charge in [0.05, 0.1) is 0 Å². The summed E-state index contributed by atoms with van der Waals surface area (Å²) in [5.41, 5.74) is 13.8. The molecule has 0 spiro atoms. The molecule has 1 unspecified atom stereocenters. The number of hydrogen-bond donors (Lipinski definition) is 0. The maximum Gasteiger partial charge on any atom is 0.135 e. The van der Waals surface area contributed by atoms with Crippen molar-refractivity contribution in [2.75, 3.05) is 9.80 Å². The van der Waals surface area contributed by atoms with Gasteiger partial charge in [-0.05, 0) is 156 Å². The highest BCUT2D eigenvalue weighted by Gasteiger charge is 2.16. The second-order valence-electron chi connectivity index (χ2n) is 16.5. The summed E-state index contributed by atoms with van der Waals surface area (Å²) >= 11 is 1.86. The van der Waals surface area contributed by atoms with Gasteiger partial charge in [0.25, 0.3) is 0 Å². The highest BCUT2D eigenvalue weighted by molar-refractivity contribution is 7.16. The topological polar surface area (TPSA) is 19.6 Å². The molecule has 2 heterocycles. The Balaban J connectivity index is 0.933. The zero-order valence-corrected chi connectivity index (χ0v) is 39.2. The fourth-order valence-corrected chi connectivity index (χ4v) is 9.74. The van der Waals surface area contributed by atoms with Gasteiger partial charge in [-0.2, -0.15) is 0 Å². The van der Waals surface area contributed by atoms with E-state index in [0.717, 1.165) is 85.2 Å². The highest BCUT2D eigenvalue weighted by atomic mass is 32.1. The Morgan fingerprint density at radius 3 is 1.93 bits per heavy atom. The van der Waals surface area contributed by atoms with Crippen LogP contribution in [0.2, 0.25) is 0 Å². The minimum atomic E-state index is 0.423. The molecule has 0 N–H and O–H groups in total. The van der Waals surface area contributed by atoms with Crippen LogP contribution in [0.3, 0.4) is 0 Å². The summed E-state index contributed by atoms with van der Waals surface area (Å²) in [4.78, 5) is 6.99. The van der Waals surface area contributed by atoms with Crippen molar-refractivity contribution >= 4 is 68.4 Å². The number of para-hydroxylation sites is 2. The summed E-state index contributed by atoms with van der Waals surface area (Å²) in [6, 6.07) is 59.6. The SMILES string of the molecule is C=C/C=C(\C=C)N(c1ccc(/C(C=C)=C/C=C/N(c2ccccc2)c2ccccc2)cc1)c1ccc(-c2ccc3oc(=C/C)/c(=C\CC4C=CC(c5ccc(-c6ccccc6)s5)=CC4)c3c2)cc1. The minimum Gasteiger partial charge on any atom is -0.456 e. The maximum atomic E-state index is 6.39. The lowest BCUT2D eigenvalue weighted by atomic mass is 9.93. The van der Waals surface area contributed by atoms with Crippen molar-refractivity contribution in [2.24, 2.45) is 5.92 Å². The monoisotopic (exact) mass is 898 g/mol. The Kier molecular flexibility index (Phi) is 14.2. The zero-order chi connectivity index (χ0) is 46.7. The van der Waals surface area contributed by atoms with Crippen molar-refractivity contribution in [1.29, 1.82) is 0 Å². The van der Waals surface area contributed by atoms with Gasteiger partial charge in [-0.15, -0.1) is 11.3 Å². The van der Waals surface area contributed by atoms with E-state index in [4.69, 9.17) is 4.42 Å². The number of anilines is 4. The van der Waals surface area contributed by atoms with Gasteiger partial charge in [-0.3, -0.25) is 0 Å². The first-order valence-corrected chi connectivity index (χ1v) is 23.9. The number of hydrogen-bond acceptors (Lipinski definition) is 4. The van der Waals surface area contributed by atoms with E-state index in [-0.39, 0.29) is 0 Å². The van der Waals surface area contributed by atoms with E-state index in [2.05, 4.69) is 236 Å². The average Bonchev–Trinajstić information content (AvgIpc) is 4.05. The molecule has 0 radical (unpaired) electrons. The molecule has 0 bridgehead atoms. The van der Waals surface area contributed by atoms with E-state index in [1.807, 2.05) is 48.6 Å². The molecule has 9 rings (SSSR count). The number of fused-ring (bicyclic) bond motifs is 1. The molecule has 2 aromatic heterocycles. The van der Waals surface area contributed by atoms with Crippen LogP contribution < -0.4 is 20.4 Å². The van der Waals surface area contributed by atoms with Gasteiger partial charge in [0.15, 0.2) is 0 Å². The molecule has 8 aromatic rings. The summed E-state index contributed by atoms with van der Waals surface area (Å²) in [5.74, 6) is 0.423. The van der Waals surface area contributed by atoms with Gasteiger partial charge in [0.1, 0.15) is 11.0 Å². The summed E-state index contributed by atoms with van der Waals surface area (Å²) in [6.45, 7) is 14.4. The Hall–Kier alpha value is -8.18. The van der Waals surface area contributed by atoms with Gasteiger partial charge in [0, 0.05) is 55.0 Å². The number of benzene rings is 6. The number of thiophene rings is 1. The van der Waals surface area contributed by atoms with Crippen molar-refractivity contribution in [2.45, 2.75) is 19.8 Å². The molecule has 0 saturated carbocycles. The lowest BCUT2D eigenvalue weighted by Crippen LogP contribution is -2.20. The van der Waals surface area contributed by atoms with Crippen LogP contribution in [0.1, 0.15) is 30.2 Å². The van der Waals surface area contributed by atoms with E-state index in [1.165, 1.54) is 20.9 Å². The van der Waals surface area contributed by atoms with E-state index < -0.39 is 0 Å². The van der Waals surface area contributed by atoms with Gasteiger partial charge in [0.2, 0.25) is 0 Å². The summed E-state index contributed by atoms with van der Waals surface area (Å²) in [7, 11) is 0. The first-order valence-electron chi connectivity index (χ1n) is 23.1. The van der Waals surface area contributed by atoms with Gasteiger partial charge in [-0.25, -0.2) is 0 Å². The molecule has 0 fully saturated rings. The largest absolute Gasteiger partial charge is 0.456 e. The van der Waals surface area contributed by atoms with Gasteiger partial charge >= 0.3 is 0 Å². The van der Waals surface area contributed by atoms with Gasteiger partial charge < -0.3 is 14.2 Å². The predicted molar refractivity (Wildman–Crippen MR) is 294 cm³/mol. The standard InChI is InChI=1S/C64H54N2OS/c1-5-19-54(7-3)66(57-37-32-49(33-38-57)48(6-2)22-18-45-65(55-23-14-10-15-24-55)56-25-16-11-17-26-56)58-39-34-50(35-40-58)53-36-42-62-60(46-53)59(61(8-4)67-62)41-29-47-27-30-52(31-28-47)64-44-43-63(68-64)51-20-12-9-13-21-51/h5-27,30-47H,1-3,28-29H2,4H3/b45-18+,48-22+,54-19+,59-41-,61-8+. The zero-order valence-electron chi connectivity index (χ0n) is 38.4. The van der Waals surface area contributed by atoms with Crippen molar-refractivity contribution < 1.29 is 4.42 Å². The molecule has 3 nitrogen and oxygen atoms in total. The lowest BCUT2D eigenvalue weighted by molar-refractivity contribution is 0.574. The van der Waals surface area contributed by atoms with E-state index in [1.54, 1.807) is 6.08 Å². The fraction of sp³-hybridized carbons (Fsp3) is 0.0625. The minimum absolute atomic E-state index is 0.423. The Bertz CT molecular complexity index is 3290. The van der Waals surface area contributed by atoms with E-state index in [9.17, 15) is 0 Å². The van der Waals surface area contributed by atoms with E-state index >= 15 is 0 Å².